The van der Waals surface area contributed by atoms with Gasteiger partial charge in [-0.2, -0.15) is 31.6 Å². The molecular weight excluding hydrogens is 302 g/mol. The number of carbonyl (C=O) groups excluding carboxylic acids is 1. The summed E-state index contributed by atoms with van der Waals surface area (Å²) in [6.45, 7) is 0. The first-order chi connectivity index (χ1) is 9.48. The molecule has 0 unspecified atom stereocenters. The first-order valence-corrected chi connectivity index (χ1v) is 5.39. The van der Waals surface area contributed by atoms with E-state index in [4.69, 9.17) is 5.26 Å². The summed E-state index contributed by atoms with van der Waals surface area (Å²) in [7, 11) is 0.781. The monoisotopic (exact) mass is 310 g/mol. The third-order valence-corrected chi connectivity index (χ3v) is 2.59. The Morgan fingerprint density at radius 2 is 1.71 bits per heavy atom. The summed E-state index contributed by atoms with van der Waals surface area (Å²) in [5.41, 5.74) is -0.236. The van der Waals surface area contributed by atoms with E-state index in [-0.39, 0.29) is 16.2 Å². The van der Waals surface area contributed by atoms with Gasteiger partial charge in [-0.15, -0.1) is 0 Å². The number of carbonyl (C=O) groups is 1. The van der Waals surface area contributed by atoms with Crippen LogP contribution in [-0.2, 0) is 4.79 Å². The number of nitriles is 1. The third-order valence-electron chi connectivity index (χ3n) is 2.59. The highest BCUT2D eigenvalue weighted by Crippen LogP contribution is 2.40. The van der Waals surface area contributed by atoms with Crippen molar-refractivity contribution in [2.45, 2.75) is 12.4 Å². The second-order valence-electron chi connectivity index (χ2n) is 4.08. The molecule has 0 heterocycles. The van der Waals surface area contributed by atoms with E-state index in [0.717, 1.165) is 19.2 Å². The number of halogens is 6. The molecule has 1 rings (SSSR count). The van der Waals surface area contributed by atoms with Gasteiger partial charge in [0.1, 0.15) is 0 Å². The average Bonchev–Trinajstić information content (AvgIpc) is 2.34. The van der Waals surface area contributed by atoms with Gasteiger partial charge < -0.3 is 4.90 Å². The Balaban J connectivity index is 3.18. The molecule has 0 aliphatic heterocycles. The maximum Gasteiger partial charge on any atom is 0.409 e. The van der Waals surface area contributed by atoms with Gasteiger partial charge in [-0.1, -0.05) is 6.07 Å². The van der Waals surface area contributed by atoms with Gasteiger partial charge in [0.15, 0.2) is 0 Å². The molecule has 114 valence electrons. The highest BCUT2D eigenvalue weighted by atomic mass is 19.4. The first kappa shape index (κ1) is 16.8. The summed E-state index contributed by atoms with van der Waals surface area (Å²) in [4.78, 5) is 11.8. The van der Waals surface area contributed by atoms with Gasteiger partial charge >= 0.3 is 12.4 Å². The van der Waals surface area contributed by atoms with Crippen molar-refractivity contribution >= 4 is 11.6 Å². The molecule has 0 saturated carbocycles. The average molecular weight is 310 g/mol. The first-order valence-electron chi connectivity index (χ1n) is 5.39. The number of anilines is 1. The molecule has 0 N–H and O–H groups in total. The lowest BCUT2D eigenvalue weighted by molar-refractivity contribution is -0.273. The Bertz CT molecular complexity index is 558. The SMILES string of the molecule is CN(C(=O)C(C(F)(F)F)C(F)(F)F)c1cccc(C#N)c1. The number of nitrogens with zero attached hydrogens (tertiary/aromatic N) is 2. The summed E-state index contributed by atoms with van der Waals surface area (Å²) in [5.74, 6) is -6.27. The van der Waals surface area contributed by atoms with Gasteiger partial charge in [0.2, 0.25) is 11.8 Å². The van der Waals surface area contributed by atoms with E-state index in [2.05, 4.69) is 0 Å². The zero-order valence-corrected chi connectivity index (χ0v) is 10.5. The van der Waals surface area contributed by atoms with Gasteiger partial charge in [-0.25, -0.2) is 0 Å². The van der Waals surface area contributed by atoms with E-state index in [9.17, 15) is 31.1 Å². The normalized spacial score (nSPS) is 12.1. The topological polar surface area (TPSA) is 44.1 Å². The molecule has 3 nitrogen and oxygen atoms in total. The fourth-order valence-corrected chi connectivity index (χ4v) is 1.57. The molecule has 21 heavy (non-hydrogen) atoms. The molecule has 1 amide bonds. The maximum atomic E-state index is 12.5. The molecule has 0 fully saturated rings. The van der Waals surface area contributed by atoms with Crippen LogP contribution in [0, 0.1) is 17.2 Å². The number of rotatable bonds is 2. The summed E-state index contributed by atoms with van der Waals surface area (Å²) >= 11 is 0. The molecule has 0 aliphatic carbocycles. The molecule has 0 saturated heterocycles. The lowest BCUT2D eigenvalue weighted by Crippen LogP contribution is -2.48. The van der Waals surface area contributed by atoms with Crippen LogP contribution in [0.2, 0.25) is 0 Å². The predicted octanol–water partition coefficient (Wildman–Crippen LogP) is 3.26. The van der Waals surface area contributed by atoms with Gasteiger partial charge in [-0.3, -0.25) is 4.79 Å². The van der Waals surface area contributed by atoms with E-state index in [1.165, 1.54) is 12.1 Å². The minimum absolute atomic E-state index is 0.00252. The second kappa shape index (κ2) is 5.63. The van der Waals surface area contributed by atoms with Crippen LogP contribution in [0.15, 0.2) is 24.3 Å². The van der Waals surface area contributed by atoms with Crippen LogP contribution in [0.1, 0.15) is 5.56 Å². The fourth-order valence-electron chi connectivity index (χ4n) is 1.57. The zero-order chi connectivity index (χ0) is 16.4. The Hall–Kier alpha value is -2.24. The van der Waals surface area contributed by atoms with Crippen molar-refractivity contribution in [2.24, 2.45) is 5.92 Å². The van der Waals surface area contributed by atoms with E-state index < -0.39 is 24.2 Å². The smallest absolute Gasteiger partial charge is 0.315 e. The van der Waals surface area contributed by atoms with Crippen molar-refractivity contribution in [3.05, 3.63) is 29.8 Å². The summed E-state index contributed by atoms with van der Waals surface area (Å²) < 4.78 is 74.8. The van der Waals surface area contributed by atoms with Crippen molar-refractivity contribution in [3.63, 3.8) is 0 Å². The number of alkyl halides is 6. The molecule has 0 spiro atoms. The highest BCUT2D eigenvalue weighted by Gasteiger charge is 2.61. The molecule has 0 aromatic heterocycles. The summed E-state index contributed by atoms with van der Waals surface area (Å²) in [6.07, 6.45) is -11.5. The van der Waals surface area contributed by atoms with E-state index in [1.807, 2.05) is 0 Å². The van der Waals surface area contributed by atoms with Crippen molar-refractivity contribution in [3.8, 4) is 6.07 Å². The van der Waals surface area contributed by atoms with Crippen LogP contribution in [-0.4, -0.2) is 25.3 Å². The zero-order valence-electron chi connectivity index (χ0n) is 10.5. The fraction of sp³-hybridized carbons (Fsp3) is 0.333. The predicted molar refractivity (Wildman–Crippen MR) is 60.2 cm³/mol. The lowest BCUT2D eigenvalue weighted by atomic mass is 10.1. The highest BCUT2D eigenvalue weighted by molar-refractivity contribution is 5.95. The Kier molecular flexibility index (Phi) is 4.51. The summed E-state index contributed by atoms with van der Waals surface area (Å²) in [6, 6.07) is 6.35. The number of benzene rings is 1. The van der Waals surface area contributed by atoms with Crippen LogP contribution >= 0.6 is 0 Å². The van der Waals surface area contributed by atoms with Gasteiger partial charge in [0, 0.05) is 12.7 Å². The van der Waals surface area contributed by atoms with Crippen molar-refractivity contribution in [1.29, 1.82) is 5.26 Å². The van der Waals surface area contributed by atoms with Crippen LogP contribution < -0.4 is 4.90 Å². The number of hydrogen-bond acceptors (Lipinski definition) is 2. The van der Waals surface area contributed by atoms with Crippen molar-refractivity contribution < 1.29 is 31.1 Å². The Morgan fingerprint density at radius 3 is 2.14 bits per heavy atom. The molecule has 0 radical (unpaired) electrons. The molecule has 0 atom stereocenters. The maximum absolute atomic E-state index is 12.5. The molecule has 9 heteroatoms. The second-order valence-corrected chi connectivity index (χ2v) is 4.08. The van der Waals surface area contributed by atoms with Crippen LogP contribution in [0.4, 0.5) is 32.0 Å². The molecule has 1 aromatic rings. The van der Waals surface area contributed by atoms with E-state index in [1.54, 1.807) is 6.07 Å². The van der Waals surface area contributed by atoms with Gasteiger partial charge in [0.05, 0.1) is 11.6 Å². The summed E-state index contributed by atoms with van der Waals surface area (Å²) in [5, 5.41) is 8.64. The van der Waals surface area contributed by atoms with Gasteiger partial charge in [0.25, 0.3) is 0 Å². The molecular formula is C12H8F6N2O. The largest absolute Gasteiger partial charge is 0.409 e. The number of hydrogen-bond donors (Lipinski definition) is 0. The molecule has 1 aromatic carbocycles. The third kappa shape index (κ3) is 3.87. The number of amides is 1. The standard InChI is InChI=1S/C12H8F6N2O/c1-20(8-4-2-3-7(5-8)6-19)10(21)9(11(13,14)15)12(16,17)18/h2-5,9H,1H3. The van der Waals surface area contributed by atoms with Crippen LogP contribution in [0.25, 0.3) is 0 Å². The van der Waals surface area contributed by atoms with Crippen molar-refractivity contribution in [2.75, 3.05) is 11.9 Å². The Labute approximate surface area is 115 Å². The van der Waals surface area contributed by atoms with Crippen LogP contribution in [0.3, 0.4) is 0 Å². The van der Waals surface area contributed by atoms with Crippen molar-refractivity contribution in [1.82, 2.24) is 0 Å². The van der Waals surface area contributed by atoms with E-state index >= 15 is 0 Å². The minimum Gasteiger partial charge on any atom is -0.315 e. The molecule has 0 aliphatic rings. The lowest BCUT2D eigenvalue weighted by Gasteiger charge is -2.27. The minimum atomic E-state index is -5.75. The molecule has 0 bridgehead atoms. The van der Waals surface area contributed by atoms with Crippen LogP contribution in [0.5, 0.6) is 0 Å². The van der Waals surface area contributed by atoms with E-state index in [0.29, 0.717) is 0 Å². The van der Waals surface area contributed by atoms with Gasteiger partial charge in [-0.05, 0) is 18.2 Å². The quantitative estimate of drug-likeness (QED) is 0.787. The Morgan fingerprint density at radius 1 is 1.19 bits per heavy atom.